The standard InChI is InChI=1S/C22H19FN4O3/c1-28-18-4-3-17(25-12-18)13-30-22-20(29-2)8-14(10-27-22)7-15-5-6-24-19-9-16(23)11-26-21(15)19/h3-6,8-12H,7,13H2,1-2H3. The number of fused-ring (bicyclic) bond motifs is 1. The molecule has 0 aliphatic heterocycles. The highest BCUT2D eigenvalue weighted by molar-refractivity contribution is 5.77. The summed E-state index contributed by atoms with van der Waals surface area (Å²) < 4.78 is 29.7. The van der Waals surface area contributed by atoms with E-state index in [1.165, 1.54) is 12.3 Å². The Morgan fingerprint density at radius 1 is 0.900 bits per heavy atom. The Labute approximate surface area is 172 Å². The molecule has 0 unspecified atom stereocenters. The molecule has 4 heterocycles. The Bertz CT molecular complexity index is 1170. The van der Waals surface area contributed by atoms with Crippen LogP contribution in [0.3, 0.4) is 0 Å². The summed E-state index contributed by atoms with van der Waals surface area (Å²) in [7, 11) is 3.15. The average molecular weight is 406 g/mol. The first-order valence-corrected chi connectivity index (χ1v) is 9.20. The van der Waals surface area contributed by atoms with Gasteiger partial charge in [-0.25, -0.2) is 9.37 Å². The highest BCUT2D eigenvalue weighted by Gasteiger charge is 2.11. The second-order valence-corrected chi connectivity index (χ2v) is 6.50. The smallest absolute Gasteiger partial charge is 0.257 e. The molecule has 0 saturated carbocycles. The Hall–Kier alpha value is -3.81. The van der Waals surface area contributed by atoms with Gasteiger partial charge >= 0.3 is 0 Å². The van der Waals surface area contributed by atoms with Gasteiger partial charge < -0.3 is 14.2 Å². The maximum Gasteiger partial charge on any atom is 0.257 e. The molecule has 0 aromatic carbocycles. The van der Waals surface area contributed by atoms with Crippen molar-refractivity contribution in [2.24, 2.45) is 0 Å². The Morgan fingerprint density at radius 3 is 2.57 bits per heavy atom. The van der Waals surface area contributed by atoms with E-state index < -0.39 is 5.82 Å². The van der Waals surface area contributed by atoms with Crippen LogP contribution in [0.5, 0.6) is 17.4 Å². The van der Waals surface area contributed by atoms with E-state index in [0.29, 0.717) is 34.8 Å². The van der Waals surface area contributed by atoms with Crippen molar-refractivity contribution in [1.29, 1.82) is 0 Å². The van der Waals surface area contributed by atoms with Crippen LogP contribution in [0.25, 0.3) is 11.0 Å². The van der Waals surface area contributed by atoms with Gasteiger partial charge in [0, 0.05) is 24.9 Å². The molecule has 4 aromatic rings. The topological polar surface area (TPSA) is 79.2 Å². The maximum absolute atomic E-state index is 13.4. The first-order valence-electron chi connectivity index (χ1n) is 9.20. The number of hydrogen-bond donors (Lipinski definition) is 0. The highest BCUT2D eigenvalue weighted by atomic mass is 19.1. The molecule has 30 heavy (non-hydrogen) atoms. The lowest BCUT2D eigenvalue weighted by molar-refractivity contribution is 0.268. The summed E-state index contributed by atoms with van der Waals surface area (Å²) in [6, 6.07) is 8.73. The molecule has 0 aliphatic rings. The number of halogens is 1. The highest BCUT2D eigenvalue weighted by Crippen LogP contribution is 2.28. The minimum Gasteiger partial charge on any atom is -0.495 e. The van der Waals surface area contributed by atoms with Crippen LogP contribution in [-0.2, 0) is 13.0 Å². The van der Waals surface area contributed by atoms with Crippen molar-refractivity contribution in [2.75, 3.05) is 14.2 Å². The van der Waals surface area contributed by atoms with Crippen molar-refractivity contribution in [3.8, 4) is 17.4 Å². The van der Waals surface area contributed by atoms with Gasteiger partial charge in [0.15, 0.2) is 5.75 Å². The van der Waals surface area contributed by atoms with E-state index in [9.17, 15) is 4.39 Å². The summed E-state index contributed by atoms with van der Waals surface area (Å²) in [5.74, 6) is 1.15. The number of hydrogen-bond acceptors (Lipinski definition) is 7. The normalized spacial score (nSPS) is 10.8. The minimum atomic E-state index is -0.414. The fraction of sp³-hybridized carbons (Fsp3) is 0.182. The number of methoxy groups -OCH3 is 2. The van der Waals surface area contributed by atoms with Crippen LogP contribution in [0, 0.1) is 5.82 Å². The van der Waals surface area contributed by atoms with Crippen LogP contribution < -0.4 is 14.2 Å². The molecule has 0 aliphatic carbocycles. The molecule has 8 heteroatoms. The first kappa shape index (κ1) is 19.5. The van der Waals surface area contributed by atoms with E-state index in [1.807, 2.05) is 24.3 Å². The predicted octanol–water partition coefficient (Wildman–Crippen LogP) is 3.75. The molecule has 4 aromatic heterocycles. The van der Waals surface area contributed by atoms with E-state index in [2.05, 4.69) is 19.9 Å². The van der Waals surface area contributed by atoms with Crippen molar-refractivity contribution in [3.05, 3.63) is 77.8 Å². The Kier molecular flexibility index (Phi) is 5.65. The summed E-state index contributed by atoms with van der Waals surface area (Å²) in [5, 5.41) is 0. The molecule has 0 fully saturated rings. The predicted molar refractivity (Wildman–Crippen MR) is 108 cm³/mol. The third kappa shape index (κ3) is 4.27. The quantitative estimate of drug-likeness (QED) is 0.462. The molecule has 7 nitrogen and oxygen atoms in total. The van der Waals surface area contributed by atoms with E-state index in [0.717, 1.165) is 16.8 Å². The van der Waals surface area contributed by atoms with Crippen LogP contribution in [0.2, 0.25) is 0 Å². The molecular weight excluding hydrogens is 387 g/mol. The number of pyridine rings is 4. The van der Waals surface area contributed by atoms with Gasteiger partial charge in [-0.05, 0) is 35.4 Å². The summed E-state index contributed by atoms with van der Waals surface area (Å²) >= 11 is 0. The van der Waals surface area contributed by atoms with Crippen LogP contribution in [0.1, 0.15) is 16.8 Å². The Balaban J connectivity index is 1.52. The lowest BCUT2D eigenvalue weighted by Crippen LogP contribution is -2.03. The second kappa shape index (κ2) is 8.69. The van der Waals surface area contributed by atoms with Crippen molar-refractivity contribution in [1.82, 2.24) is 19.9 Å². The van der Waals surface area contributed by atoms with Gasteiger partial charge in [-0.1, -0.05) is 0 Å². The van der Waals surface area contributed by atoms with Gasteiger partial charge in [0.05, 0.1) is 43.3 Å². The summed E-state index contributed by atoms with van der Waals surface area (Å²) in [6.07, 6.45) is 6.72. The molecule has 0 radical (unpaired) electrons. The van der Waals surface area contributed by atoms with Crippen molar-refractivity contribution in [3.63, 3.8) is 0 Å². The molecule has 4 rings (SSSR count). The molecule has 0 amide bonds. The lowest BCUT2D eigenvalue weighted by Gasteiger charge is -2.11. The van der Waals surface area contributed by atoms with Crippen molar-refractivity contribution in [2.45, 2.75) is 13.0 Å². The SMILES string of the molecule is COc1ccc(COc2ncc(Cc3ccnc4cc(F)cnc34)cc2OC)nc1. The van der Waals surface area contributed by atoms with Crippen LogP contribution in [0.4, 0.5) is 4.39 Å². The Morgan fingerprint density at radius 2 is 1.80 bits per heavy atom. The van der Waals surface area contributed by atoms with Gasteiger partial charge in [0.1, 0.15) is 18.2 Å². The number of nitrogens with zero attached hydrogens (tertiary/aromatic N) is 4. The van der Waals surface area contributed by atoms with Gasteiger partial charge in [0.2, 0.25) is 0 Å². The molecule has 152 valence electrons. The minimum absolute atomic E-state index is 0.247. The van der Waals surface area contributed by atoms with Gasteiger partial charge in [-0.15, -0.1) is 0 Å². The largest absolute Gasteiger partial charge is 0.495 e. The third-order valence-corrected chi connectivity index (χ3v) is 4.51. The zero-order valence-electron chi connectivity index (χ0n) is 16.5. The lowest BCUT2D eigenvalue weighted by atomic mass is 10.1. The third-order valence-electron chi connectivity index (χ3n) is 4.51. The van der Waals surface area contributed by atoms with E-state index >= 15 is 0 Å². The molecule has 0 atom stereocenters. The number of aromatic nitrogens is 4. The van der Waals surface area contributed by atoms with E-state index in [4.69, 9.17) is 14.2 Å². The summed E-state index contributed by atoms with van der Waals surface area (Å²) in [5.41, 5.74) is 3.73. The molecule has 0 saturated heterocycles. The fourth-order valence-electron chi connectivity index (χ4n) is 3.01. The molecular formula is C22H19FN4O3. The number of rotatable bonds is 7. The van der Waals surface area contributed by atoms with Crippen LogP contribution in [-0.4, -0.2) is 34.2 Å². The zero-order chi connectivity index (χ0) is 20.9. The molecule has 0 bridgehead atoms. The summed E-state index contributed by atoms with van der Waals surface area (Å²) in [4.78, 5) is 17.0. The fourth-order valence-corrected chi connectivity index (χ4v) is 3.01. The second-order valence-electron chi connectivity index (χ2n) is 6.50. The van der Waals surface area contributed by atoms with Gasteiger partial charge in [-0.3, -0.25) is 15.0 Å². The van der Waals surface area contributed by atoms with E-state index in [-0.39, 0.29) is 6.61 Å². The molecule has 0 N–H and O–H groups in total. The average Bonchev–Trinajstić information content (AvgIpc) is 2.78. The number of ether oxygens (including phenoxy) is 3. The maximum atomic E-state index is 13.4. The van der Waals surface area contributed by atoms with Crippen molar-refractivity contribution >= 4 is 11.0 Å². The van der Waals surface area contributed by atoms with Crippen molar-refractivity contribution < 1.29 is 18.6 Å². The monoisotopic (exact) mass is 406 g/mol. The van der Waals surface area contributed by atoms with Crippen LogP contribution in [0.15, 0.2) is 55.1 Å². The van der Waals surface area contributed by atoms with Gasteiger partial charge in [-0.2, -0.15) is 0 Å². The van der Waals surface area contributed by atoms with Crippen LogP contribution >= 0.6 is 0 Å². The van der Waals surface area contributed by atoms with Gasteiger partial charge in [0.25, 0.3) is 5.88 Å². The molecule has 0 spiro atoms. The first-order chi connectivity index (χ1) is 14.7. The zero-order valence-corrected chi connectivity index (χ0v) is 16.5. The summed E-state index contributed by atoms with van der Waals surface area (Å²) in [6.45, 7) is 0.247. The van der Waals surface area contributed by atoms with E-state index in [1.54, 1.807) is 32.8 Å².